The van der Waals surface area contributed by atoms with Gasteiger partial charge in [-0.25, -0.2) is 18.4 Å². The zero-order chi connectivity index (χ0) is 15.6. The molecule has 0 unspecified atom stereocenters. The molecule has 22 heavy (non-hydrogen) atoms. The molecule has 116 valence electrons. The van der Waals surface area contributed by atoms with Crippen molar-refractivity contribution in [2.24, 2.45) is 0 Å². The van der Waals surface area contributed by atoms with Crippen LogP contribution in [0.5, 0.6) is 5.75 Å². The molecule has 2 heterocycles. The molecule has 0 spiro atoms. The lowest BCUT2D eigenvalue weighted by Gasteiger charge is -2.27. The fourth-order valence-corrected chi connectivity index (χ4v) is 3.89. The van der Waals surface area contributed by atoms with Crippen LogP contribution in [-0.2, 0) is 23.0 Å². The van der Waals surface area contributed by atoms with Gasteiger partial charge in [0.05, 0.1) is 11.5 Å². The van der Waals surface area contributed by atoms with Crippen LogP contribution in [0.25, 0.3) is 0 Å². The Morgan fingerprint density at radius 1 is 1.27 bits per heavy atom. The first-order chi connectivity index (χ1) is 10.6. The lowest BCUT2D eigenvalue weighted by Crippen LogP contribution is -2.36. The summed E-state index contributed by atoms with van der Waals surface area (Å²) >= 11 is 0. The molecule has 1 aromatic carbocycles. The van der Waals surface area contributed by atoms with Gasteiger partial charge in [-0.05, 0) is 31.2 Å². The third-order valence-corrected chi connectivity index (χ3v) is 5.46. The average molecular weight is 319 g/mol. The van der Waals surface area contributed by atoms with Gasteiger partial charge in [0.25, 0.3) is 0 Å². The molecule has 3 rings (SSSR count). The minimum absolute atomic E-state index is 0.274. The maximum absolute atomic E-state index is 12.7. The third kappa shape index (κ3) is 2.82. The number of benzene rings is 1. The minimum Gasteiger partial charge on any atom is -0.494 e. The Labute approximate surface area is 129 Å². The topological polar surface area (TPSA) is 72.4 Å². The first kappa shape index (κ1) is 14.9. The van der Waals surface area contributed by atoms with Crippen molar-refractivity contribution < 1.29 is 13.2 Å². The van der Waals surface area contributed by atoms with E-state index in [2.05, 4.69) is 9.97 Å². The van der Waals surface area contributed by atoms with Crippen LogP contribution < -0.4 is 4.74 Å². The highest BCUT2D eigenvalue weighted by atomic mass is 32.2. The maximum atomic E-state index is 12.7. The molecular weight excluding hydrogens is 302 g/mol. The standard InChI is InChI=1S/C15H17N3O3S/c1-2-21-13-3-5-14(6-4-13)22(19,20)18-8-7-15-12(10-18)9-16-11-17-15/h3-6,9,11H,2,7-8,10H2,1H3. The van der Waals surface area contributed by atoms with Gasteiger partial charge in [-0.3, -0.25) is 0 Å². The van der Waals surface area contributed by atoms with Crippen LogP contribution in [0.1, 0.15) is 18.2 Å². The highest BCUT2D eigenvalue weighted by Crippen LogP contribution is 2.24. The van der Waals surface area contributed by atoms with Crippen LogP contribution >= 0.6 is 0 Å². The number of hydrogen-bond donors (Lipinski definition) is 0. The van der Waals surface area contributed by atoms with Crippen molar-refractivity contribution in [2.45, 2.75) is 24.8 Å². The summed E-state index contributed by atoms with van der Waals surface area (Å²) in [5, 5.41) is 0. The molecule has 0 fully saturated rings. The lowest BCUT2D eigenvalue weighted by molar-refractivity contribution is 0.340. The number of fused-ring (bicyclic) bond motifs is 1. The molecule has 0 N–H and O–H groups in total. The molecule has 0 radical (unpaired) electrons. The van der Waals surface area contributed by atoms with Crippen molar-refractivity contribution in [3.63, 3.8) is 0 Å². The van der Waals surface area contributed by atoms with Crippen molar-refractivity contribution in [3.05, 3.63) is 48.0 Å². The van der Waals surface area contributed by atoms with E-state index in [9.17, 15) is 8.42 Å². The minimum atomic E-state index is -3.51. The average Bonchev–Trinajstić information content (AvgIpc) is 2.55. The fourth-order valence-electron chi connectivity index (χ4n) is 2.47. The molecule has 0 atom stereocenters. The zero-order valence-electron chi connectivity index (χ0n) is 12.3. The Kier molecular flexibility index (Phi) is 4.08. The van der Waals surface area contributed by atoms with Gasteiger partial charge in [-0.2, -0.15) is 4.31 Å². The van der Waals surface area contributed by atoms with Gasteiger partial charge in [-0.1, -0.05) is 0 Å². The molecular formula is C15H17N3O3S. The normalized spacial score (nSPS) is 15.3. The van der Waals surface area contributed by atoms with E-state index >= 15 is 0 Å². The summed E-state index contributed by atoms with van der Waals surface area (Å²) < 4.78 is 32.2. The van der Waals surface area contributed by atoms with E-state index in [1.54, 1.807) is 30.5 Å². The Morgan fingerprint density at radius 2 is 2.05 bits per heavy atom. The van der Waals surface area contributed by atoms with Crippen molar-refractivity contribution in [1.29, 1.82) is 0 Å². The number of sulfonamides is 1. The van der Waals surface area contributed by atoms with E-state index in [1.165, 1.54) is 10.6 Å². The number of rotatable bonds is 4. The Balaban J connectivity index is 1.84. The van der Waals surface area contributed by atoms with E-state index in [0.717, 1.165) is 11.3 Å². The van der Waals surface area contributed by atoms with Gasteiger partial charge >= 0.3 is 0 Å². The van der Waals surface area contributed by atoms with Crippen LogP contribution in [-0.4, -0.2) is 35.8 Å². The molecule has 7 heteroatoms. The summed E-state index contributed by atoms with van der Waals surface area (Å²) in [6, 6.07) is 6.52. The quantitative estimate of drug-likeness (QED) is 0.856. The monoisotopic (exact) mass is 319 g/mol. The van der Waals surface area contributed by atoms with E-state index < -0.39 is 10.0 Å². The molecule has 0 saturated carbocycles. The summed E-state index contributed by atoms with van der Waals surface area (Å²) in [4.78, 5) is 8.44. The van der Waals surface area contributed by atoms with Crippen LogP contribution in [0.4, 0.5) is 0 Å². The SMILES string of the molecule is CCOc1ccc(S(=O)(=O)N2CCc3ncncc3C2)cc1. The van der Waals surface area contributed by atoms with Gasteiger partial charge in [0, 0.05) is 37.0 Å². The van der Waals surface area contributed by atoms with Crippen LogP contribution in [0, 0.1) is 0 Å². The Bertz CT molecular complexity index is 760. The summed E-state index contributed by atoms with van der Waals surface area (Å²) in [6.07, 6.45) is 3.78. The second kappa shape index (κ2) is 6.02. The zero-order valence-corrected chi connectivity index (χ0v) is 13.1. The summed E-state index contributed by atoms with van der Waals surface area (Å²) in [5.74, 6) is 0.666. The summed E-state index contributed by atoms with van der Waals surface area (Å²) in [6.45, 7) is 3.18. The number of nitrogens with zero attached hydrogens (tertiary/aromatic N) is 3. The second-order valence-corrected chi connectivity index (χ2v) is 6.93. The molecule has 0 bridgehead atoms. The van der Waals surface area contributed by atoms with Crippen LogP contribution in [0.15, 0.2) is 41.7 Å². The molecule has 1 aromatic heterocycles. The predicted molar refractivity (Wildman–Crippen MR) is 80.9 cm³/mol. The van der Waals surface area contributed by atoms with Crippen LogP contribution in [0.2, 0.25) is 0 Å². The van der Waals surface area contributed by atoms with E-state index in [0.29, 0.717) is 31.9 Å². The molecule has 0 aliphatic carbocycles. The van der Waals surface area contributed by atoms with Gasteiger partial charge < -0.3 is 4.74 Å². The highest BCUT2D eigenvalue weighted by molar-refractivity contribution is 7.89. The Hall–Kier alpha value is -1.99. The number of ether oxygens (including phenoxy) is 1. The van der Waals surface area contributed by atoms with E-state index in [4.69, 9.17) is 4.74 Å². The third-order valence-electron chi connectivity index (χ3n) is 3.60. The smallest absolute Gasteiger partial charge is 0.243 e. The highest BCUT2D eigenvalue weighted by Gasteiger charge is 2.28. The molecule has 6 nitrogen and oxygen atoms in total. The lowest BCUT2D eigenvalue weighted by atomic mass is 10.1. The molecule has 2 aromatic rings. The number of aromatic nitrogens is 2. The van der Waals surface area contributed by atoms with Crippen molar-refractivity contribution in [3.8, 4) is 5.75 Å². The Morgan fingerprint density at radius 3 is 2.77 bits per heavy atom. The van der Waals surface area contributed by atoms with Crippen molar-refractivity contribution >= 4 is 10.0 Å². The summed E-state index contributed by atoms with van der Waals surface area (Å²) in [5.41, 5.74) is 1.79. The van der Waals surface area contributed by atoms with Crippen LogP contribution in [0.3, 0.4) is 0 Å². The van der Waals surface area contributed by atoms with E-state index in [-0.39, 0.29) is 4.90 Å². The van der Waals surface area contributed by atoms with E-state index in [1.807, 2.05) is 6.92 Å². The summed E-state index contributed by atoms with van der Waals surface area (Å²) in [7, 11) is -3.51. The van der Waals surface area contributed by atoms with Crippen molar-refractivity contribution in [2.75, 3.05) is 13.2 Å². The molecule has 0 amide bonds. The fraction of sp³-hybridized carbons (Fsp3) is 0.333. The predicted octanol–water partition coefficient (Wildman–Crippen LogP) is 1.62. The molecule has 1 aliphatic heterocycles. The first-order valence-electron chi connectivity index (χ1n) is 7.12. The van der Waals surface area contributed by atoms with Crippen molar-refractivity contribution in [1.82, 2.24) is 14.3 Å². The maximum Gasteiger partial charge on any atom is 0.243 e. The van der Waals surface area contributed by atoms with Gasteiger partial charge in [0.2, 0.25) is 10.0 Å². The molecule has 0 saturated heterocycles. The largest absolute Gasteiger partial charge is 0.494 e. The molecule has 1 aliphatic rings. The second-order valence-electron chi connectivity index (χ2n) is 4.99. The van der Waals surface area contributed by atoms with Gasteiger partial charge in [0.1, 0.15) is 12.1 Å². The number of hydrogen-bond acceptors (Lipinski definition) is 5. The van der Waals surface area contributed by atoms with Gasteiger partial charge in [-0.15, -0.1) is 0 Å². The first-order valence-corrected chi connectivity index (χ1v) is 8.56. The van der Waals surface area contributed by atoms with Gasteiger partial charge in [0.15, 0.2) is 0 Å².